The van der Waals surface area contributed by atoms with E-state index < -0.39 is 0 Å². The van der Waals surface area contributed by atoms with Gasteiger partial charge in [0.15, 0.2) is 5.69 Å². The van der Waals surface area contributed by atoms with Gasteiger partial charge in [0.25, 0.3) is 0 Å². The van der Waals surface area contributed by atoms with Gasteiger partial charge in [-0.15, -0.1) is 0 Å². The lowest BCUT2D eigenvalue weighted by Crippen LogP contribution is -2.25. The molecule has 0 bridgehead atoms. The fourth-order valence-corrected chi connectivity index (χ4v) is 2.26. The summed E-state index contributed by atoms with van der Waals surface area (Å²) < 4.78 is 5.45. The molecule has 1 aromatic rings. The van der Waals surface area contributed by atoms with Crippen LogP contribution in [0.1, 0.15) is 43.1 Å². The fraction of sp³-hybridized carbons (Fsp3) is 0.538. The third kappa shape index (κ3) is 3.19. The van der Waals surface area contributed by atoms with Crippen molar-refractivity contribution in [1.29, 1.82) is 0 Å². The zero-order valence-corrected chi connectivity index (χ0v) is 10.1. The Morgan fingerprint density at radius 1 is 1.47 bits per heavy atom. The van der Waals surface area contributed by atoms with Crippen molar-refractivity contribution in [2.24, 2.45) is 5.92 Å². The summed E-state index contributed by atoms with van der Waals surface area (Å²) in [5.74, 6) is 0.614. The maximum absolute atomic E-state index is 11.8. The molecule has 1 aromatic heterocycles. The van der Waals surface area contributed by atoms with Crippen LogP contribution in [0.4, 0.5) is 5.82 Å². The first kappa shape index (κ1) is 11.9. The van der Waals surface area contributed by atoms with Crippen LogP contribution in [0.2, 0.25) is 0 Å². The molecule has 92 valence electrons. The highest BCUT2D eigenvalue weighted by Gasteiger charge is 2.23. The maximum atomic E-state index is 11.8. The summed E-state index contributed by atoms with van der Waals surface area (Å²) in [6.07, 6.45) is 4.30. The van der Waals surface area contributed by atoms with Crippen LogP contribution in [-0.2, 0) is 4.74 Å². The van der Waals surface area contributed by atoms with Gasteiger partial charge in [-0.25, -0.2) is 9.78 Å². The Morgan fingerprint density at radius 3 is 3.00 bits per heavy atom. The number of anilines is 1. The van der Waals surface area contributed by atoms with Gasteiger partial charge in [-0.05, 0) is 37.3 Å². The van der Waals surface area contributed by atoms with Gasteiger partial charge in [0.1, 0.15) is 11.9 Å². The summed E-state index contributed by atoms with van der Waals surface area (Å²) in [4.78, 5) is 15.8. The van der Waals surface area contributed by atoms with E-state index >= 15 is 0 Å². The molecule has 1 saturated carbocycles. The highest BCUT2D eigenvalue weighted by Crippen LogP contribution is 2.26. The number of carbonyl (C=O) groups is 1. The number of ether oxygens (including phenoxy) is 1. The van der Waals surface area contributed by atoms with Crippen molar-refractivity contribution in [3.8, 4) is 0 Å². The number of carbonyl (C=O) groups excluding carboxylic acids is 1. The van der Waals surface area contributed by atoms with Crippen LogP contribution < -0.4 is 5.73 Å². The van der Waals surface area contributed by atoms with E-state index in [1.54, 1.807) is 18.2 Å². The van der Waals surface area contributed by atoms with Gasteiger partial charge in [0.05, 0.1) is 0 Å². The number of rotatable bonds is 2. The minimum Gasteiger partial charge on any atom is -0.458 e. The number of nitrogen functional groups attached to an aromatic ring is 1. The van der Waals surface area contributed by atoms with E-state index in [1.165, 1.54) is 6.42 Å². The molecule has 2 unspecified atom stereocenters. The first-order valence-corrected chi connectivity index (χ1v) is 6.08. The molecule has 2 N–H and O–H groups in total. The first-order valence-electron chi connectivity index (χ1n) is 6.08. The van der Waals surface area contributed by atoms with Crippen LogP contribution in [0.15, 0.2) is 18.2 Å². The average Bonchev–Trinajstić information content (AvgIpc) is 2.29. The smallest absolute Gasteiger partial charge is 0.357 e. The minimum atomic E-state index is -0.364. The van der Waals surface area contributed by atoms with Gasteiger partial charge in [-0.2, -0.15) is 0 Å². The number of hydrogen-bond donors (Lipinski definition) is 1. The van der Waals surface area contributed by atoms with Gasteiger partial charge < -0.3 is 10.5 Å². The molecule has 0 saturated heterocycles. The Hall–Kier alpha value is -1.58. The molecule has 1 aliphatic rings. The lowest BCUT2D eigenvalue weighted by molar-refractivity contribution is 0.0149. The molecular weight excluding hydrogens is 216 g/mol. The number of nitrogens with two attached hydrogens (primary N) is 1. The van der Waals surface area contributed by atoms with E-state index in [9.17, 15) is 4.79 Å². The van der Waals surface area contributed by atoms with Gasteiger partial charge in [-0.1, -0.05) is 19.4 Å². The Balaban J connectivity index is 1.97. The van der Waals surface area contributed by atoms with Crippen molar-refractivity contribution < 1.29 is 9.53 Å². The summed E-state index contributed by atoms with van der Waals surface area (Å²) in [5.41, 5.74) is 5.83. The van der Waals surface area contributed by atoms with E-state index in [0.717, 1.165) is 19.3 Å². The van der Waals surface area contributed by atoms with Crippen molar-refractivity contribution in [3.63, 3.8) is 0 Å². The molecule has 1 heterocycles. The van der Waals surface area contributed by atoms with Crippen LogP contribution in [0, 0.1) is 5.92 Å². The maximum Gasteiger partial charge on any atom is 0.357 e. The summed E-state index contributed by atoms with van der Waals surface area (Å²) in [6, 6.07) is 4.99. The van der Waals surface area contributed by atoms with Gasteiger partial charge in [0, 0.05) is 0 Å². The number of pyridine rings is 1. The molecule has 1 fully saturated rings. The Labute approximate surface area is 101 Å². The third-order valence-corrected chi connectivity index (χ3v) is 3.14. The van der Waals surface area contributed by atoms with E-state index in [2.05, 4.69) is 11.9 Å². The van der Waals surface area contributed by atoms with Gasteiger partial charge >= 0.3 is 5.97 Å². The fourth-order valence-electron chi connectivity index (χ4n) is 2.26. The molecule has 0 radical (unpaired) electrons. The minimum absolute atomic E-state index is 0.0366. The normalized spacial score (nSPS) is 24.3. The average molecular weight is 234 g/mol. The SMILES string of the molecule is CC1CCCC(OC(=O)c2cccc(N)n2)C1. The Bertz CT molecular complexity index is 406. The molecule has 0 aliphatic heterocycles. The topological polar surface area (TPSA) is 65.2 Å². The van der Waals surface area contributed by atoms with Crippen LogP contribution >= 0.6 is 0 Å². The van der Waals surface area contributed by atoms with Crippen molar-refractivity contribution in [2.75, 3.05) is 5.73 Å². The molecule has 0 aromatic carbocycles. The number of esters is 1. The van der Waals surface area contributed by atoms with Crippen molar-refractivity contribution in [2.45, 2.75) is 38.7 Å². The Kier molecular flexibility index (Phi) is 3.61. The summed E-state index contributed by atoms with van der Waals surface area (Å²) in [6.45, 7) is 2.19. The summed E-state index contributed by atoms with van der Waals surface area (Å²) in [5, 5.41) is 0. The van der Waals surface area contributed by atoms with Crippen LogP contribution in [0.3, 0.4) is 0 Å². The number of hydrogen-bond acceptors (Lipinski definition) is 4. The number of aromatic nitrogens is 1. The molecule has 17 heavy (non-hydrogen) atoms. The highest BCUT2D eigenvalue weighted by molar-refractivity contribution is 5.87. The largest absolute Gasteiger partial charge is 0.458 e. The quantitative estimate of drug-likeness (QED) is 0.798. The second kappa shape index (κ2) is 5.17. The zero-order valence-electron chi connectivity index (χ0n) is 10.1. The Morgan fingerprint density at radius 2 is 2.29 bits per heavy atom. The molecule has 4 nitrogen and oxygen atoms in total. The molecule has 2 atom stereocenters. The van der Waals surface area contributed by atoms with E-state index in [-0.39, 0.29) is 12.1 Å². The van der Waals surface area contributed by atoms with Gasteiger partial charge in [0.2, 0.25) is 0 Å². The van der Waals surface area contributed by atoms with E-state index in [4.69, 9.17) is 10.5 Å². The third-order valence-electron chi connectivity index (χ3n) is 3.14. The predicted molar refractivity (Wildman–Crippen MR) is 65.5 cm³/mol. The van der Waals surface area contributed by atoms with Crippen LogP contribution in [-0.4, -0.2) is 17.1 Å². The van der Waals surface area contributed by atoms with Crippen molar-refractivity contribution in [3.05, 3.63) is 23.9 Å². The van der Waals surface area contributed by atoms with Crippen molar-refractivity contribution >= 4 is 11.8 Å². The van der Waals surface area contributed by atoms with E-state index in [1.807, 2.05) is 0 Å². The number of nitrogens with zero attached hydrogens (tertiary/aromatic N) is 1. The molecule has 0 amide bonds. The summed E-state index contributed by atoms with van der Waals surface area (Å²) in [7, 11) is 0. The first-order chi connectivity index (χ1) is 8.15. The van der Waals surface area contributed by atoms with Crippen LogP contribution in [0.5, 0.6) is 0 Å². The monoisotopic (exact) mass is 234 g/mol. The van der Waals surface area contributed by atoms with Crippen molar-refractivity contribution in [1.82, 2.24) is 4.98 Å². The van der Waals surface area contributed by atoms with Gasteiger partial charge in [-0.3, -0.25) is 0 Å². The predicted octanol–water partition coefficient (Wildman–Crippen LogP) is 2.40. The molecule has 1 aliphatic carbocycles. The zero-order chi connectivity index (χ0) is 12.3. The second-order valence-corrected chi connectivity index (χ2v) is 4.75. The molecule has 4 heteroatoms. The second-order valence-electron chi connectivity index (χ2n) is 4.75. The molecular formula is C13H18N2O2. The molecule has 2 rings (SSSR count). The highest BCUT2D eigenvalue weighted by atomic mass is 16.5. The lowest BCUT2D eigenvalue weighted by Gasteiger charge is -2.26. The lowest BCUT2D eigenvalue weighted by atomic mass is 9.89. The van der Waals surface area contributed by atoms with E-state index in [0.29, 0.717) is 17.4 Å². The van der Waals surface area contributed by atoms with Crippen LogP contribution in [0.25, 0.3) is 0 Å². The molecule has 0 spiro atoms. The summed E-state index contributed by atoms with van der Waals surface area (Å²) >= 11 is 0. The standard InChI is InChI=1S/C13H18N2O2/c1-9-4-2-5-10(8-9)17-13(16)11-6-3-7-12(14)15-11/h3,6-7,9-10H,2,4-5,8H2,1H3,(H2,14,15).